The quantitative estimate of drug-likeness (QED) is 0.0170. The summed E-state index contributed by atoms with van der Waals surface area (Å²) in [6.07, 6.45) is 7.27. The van der Waals surface area contributed by atoms with Crippen LogP contribution in [0.5, 0.6) is 5.75 Å². The fourth-order valence-corrected chi connectivity index (χ4v) is 8.82. The number of nitrogens with one attached hydrogen (secondary N) is 8. The molecule has 0 radical (unpaired) electrons. The van der Waals surface area contributed by atoms with Crippen LogP contribution in [0.25, 0.3) is 0 Å². The molecule has 7 amide bonds. The summed E-state index contributed by atoms with van der Waals surface area (Å²) >= 11 is 0. The number of phenols is 1. The van der Waals surface area contributed by atoms with E-state index >= 15 is 0 Å². The van der Waals surface area contributed by atoms with Crippen molar-refractivity contribution in [2.24, 2.45) is 16.5 Å². The van der Waals surface area contributed by atoms with E-state index in [0.29, 0.717) is 68.7 Å². The molecule has 1 aliphatic rings. The molecule has 2 aromatic rings. The molecular formula is C58H89N15O13. The van der Waals surface area contributed by atoms with E-state index in [1.54, 1.807) is 71.0 Å². The smallest absolute Gasteiger partial charge is 0.344 e. The van der Waals surface area contributed by atoms with E-state index in [9.17, 15) is 63.6 Å². The van der Waals surface area contributed by atoms with E-state index in [-0.39, 0.29) is 140 Å². The highest BCUT2D eigenvalue weighted by Gasteiger charge is 2.29. The number of urea groups is 1. The standard InChI is InChI=1S/C58H89N15O13/c1-4-43(53(44-12-7-6-8-13-44)56(85)68-47(55(84)67-36-42-17-20-45(74)21-18-42)15-10-23-65-57(60)69-58(86)66-27-26-63-48(75)5-2)19-16-41(3)61-24-11-25-64-54(83)46(59)14-9-22-62-49(76)37-70-28-30-71(38-50(77)78)32-34-73(40-52(81)82)35-33-72(31-29-70)39-51(79)80/h4,6-8,12-13,16-21,46-47,53,61,74H,3,5,9-11,14-15,22-40,59H2,1-2H3,(H,62,76)(H,63,75)(H,64,83)(H,67,84)(H,68,85)(H,77,78)(H,79,80)(H,81,82)(H4,60,65,66,69,86)/b19-16-,43-4+/t46-,47-,53-/m1/s1. The van der Waals surface area contributed by atoms with Crippen LogP contribution in [-0.2, 0) is 44.9 Å². The van der Waals surface area contributed by atoms with Crippen LogP contribution in [-0.4, -0.2) is 229 Å². The number of aliphatic imine (C=N–C) groups is 1. The minimum absolute atomic E-state index is 0.0449. The molecule has 474 valence electrons. The first-order chi connectivity index (χ1) is 41.1. The molecule has 0 saturated carbocycles. The number of aliphatic carboxylic acids is 3. The van der Waals surface area contributed by atoms with Gasteiger partial charge in [0.1, 0.15) is 11.8 Å². The van der Waals surface area contributed by atoms with Gasteiger partial charge in [0.05, 0.1) is 38.1 Å². The number of nitrogens with two attached hydrogens (primary N) is 2. The van der Waals surface area contributed by atoms with Gasteiger partial charge in [-0.25, -0.2) is 4.79 Å². The number of hydrogen-bond donors (Lipinski definition) is 14. The van der Waals surface area contributed by atoms with Crippen LogP contribution >= 0.6 is 0 Å². The Labute approximate surface area is 502 Å². The molecule has 0 bridgehead atoms. The van der Waals surface area contributed by atoms with Gasteiger partial charge in [-0.05, 0) is 73.9 Å². The normalized spacial score (nSPS) is 15.3. The Hall–Kier alpha value is -8.44. The Bertz CT molecular complexity index is 2570. The highest BCUT2D eigenvalue weighted by atomic mass is 16.4. The third-order valence-electron chi connectivity index (χ3n) is 13.5. The Morgan fingerprint density at radius 1 is 0.593 bits per heavy atom. The maximum atomic E-state index is 14.4. The summed E-state index contributed by atoms with van der Waals surface area (Å²) in [5, 5.41) is 60.9. The van der Waals surface area contributed by atoms with Crippen molar-refractivity contribution in [1.29, 1.82) is 0 Å². The molecule has 2 aromatic carbocycles. The van der Waals surface area contributed by atoms with Crippen LogP contribution in [0.15, 0.2) is 95.7 Å². The summed E-state index contributed by atoms with van der Waals surface area (Å²) in [4.78, 5) is 123. The predicted octanol–water partition coefficient (Wildman–Crippen LogP) is -0.992. The third-order valence-corrected chi connectivity index (χ3v) is 13.5. The molecule has 1 aliphatic heterocycles. The maximum absolute atomic E-state index is 14.4. The van der Waals surface area contributed by atoms with Gasteiger partial charge in [0, 0.05) is 110 Å². The van der Waals surface area contributed by atoms with Crippen LogP contribution in [0.3, 0.4) is 0 Å². The van der Waals surface area contributed by atoms with E-state index in [1.807, 2.05) is 23.1 Å². The van der Waals surface area contributed by atoms with Crippen LogP contribution in [0.1, 0.15) is 69.4 Å². The lowest BCUT2D eigenvalue weighted by Gasteiger charge is -2.32. The minimum Gasteiger partial charge on any atom is -0.508 e. The zero-order valence-corrected chi connectivity index (χ0v) is 49.4. The van der Waals surface area contributed by atoms with Gasteiger partial charge in [0.15, 0.2) is 5.96 Å². The predicted molar refractivity (Wildman–Crippen MR) is 323 cm³/mol. The Morgan fingerprint density at radius 2 is 1.10 bits per heavy atom. The number of rotatable bonds is 35. The van der Waals surface area contributed by atoms with E-state index in [4.69, 9.17) is 11.5 Å². The van der Waals surface area contributed by atoms with Crippen molar-refractivity contribution in [1.82, 2.24) is 62.1 Å². The highest BCUT2D eigenvalue weighted by Crippen LogP contribution is 2.27. The molecule has 3 rings (SSSR count). The van der Waals surface area contributed by atoms with Crippen molar-refractivity contribution < 1.29 is 63.6 Å². The van der Waals surface area contributed by atoms with Crippen molar-refractivity contribution in [2.45, 2.75) is 76.9 Å². The second kappa shape index (κ2) is 40.8. The molecule has 28 nitrogen and oxygen atoms in total. The van der Waals surface area contributed by atoms with Crippen molar-refractivity contribution in [3.8, 4) is 5.75 Å². The van der Waals surface area contributed by atoms with Crippen molar-refractivity contribution in [3.05, 3.63) is 102 Å². The number of phenolic OH excluding ortho intramolecular Hbond substituents is 1. The Balaban J connectivity index is 1.52. The number of guanidine groups is 1. The van der Waals surface area contributed by atoms with Crippen LogP contribution < -0.4 is 54.0 Å². The lowest BCUT2D eigenvalue weighted by molar-refractivity contribution is -0.140. The average molecular weight is 1200 g/mol. The summed E-state index contributed by atoms with van der Waals surface area (Å²) in [6, 6.07) is 12.8. The summed E-state index contributed by atoms with van der Waals surface area (Å²) in [5.74, 6) is -5.84. The number of nitrogens with zero attached hydrogens (tertiary/aromatic N) is 5. The second-order valence-electron chi connectivity index (χ2n) is 20.4. The molecule has 86 heavy (non-hydrogen) atoms. The van der Waals surface area contributed by atoms with Crippen molar-refractivity contribution in [2.75, 3.05) is 118 Å². The Kier molecular flexibility index (Phi) is 34.0. The summed E-state index contributed by atoms with van der Waals surface area (Å²) < 4.78 is 0. The number of aromatic hydroxyl groups is 1. The molecule has 16 N–H and O–H groups in total. The molecule has 1 heterocycles. The topological polar surface area (TPSA) is 408 Å². The first-order valence-electron chi connectivity index (χ1n) is 28.8. The van der Waals surface area contributed by atoms with Gasteiger partial charge in [0.25, 0.3) is 0 Å². The van der Waals surface area contributed by atoms with Gasteiger partial charge in [-0.2, -0.15) is 4.99 Å². The van der Waals surface area contributed by atoms with E-state index in [2.05, 4.69) is 54.1 Å². The van der Waals surface area contributed by atoms with Gasteiger partial charge >= 0.3 is 23.9 Å². The van der Waals surface area contributed by atoms with Crippen LogP contribution in [0, 0.1) is 0 Å². The lowest BCUT2D eigenvalue weighted by Crippen LogP contribution is -2.49. The van der Waals surface area contributed by atoms with E-state index in [0.717, 1.165) is 5.56 Å². The van der Waals surface area contributed by atoms with Gasteiger partial charge in [0.2, 0.25) is 29.5 Å². The van der Waals surface area contributed by atoms with E-state index < -0.39 is 53.8 Å². The summed E-state index contributed by atoms with van der Waals surface area (Å²) in [6.45, 7) is 10.5. The second-order valence-corrected chi connectivity index (χ2v) is 20.4. The molecule has 0 aliphatic carbocycles. The summed E-state index contributed by atoms with van der Waals surface area (Å²) in [5.41, 5.74) is 14.6. The van der Waals surface area contributed by atoms with Crippen molar-refractivity contribution >= 4 is 59.4 Å². The third kappa shape index (κ3) is 30.9. The number of benzene rings is 2. The molecule has 0 spiro atoms. The number of hydrogen-bond acceptors (Lipinski definition) is 16. The molecule has 1 saturated heterocycles. The number of carboxylic acid groups (broad SMARTS) is 3. The number of amides is 7. The Morgan fingerprint density at radius 3 is 1.66 bits per heavy atom. The first kappa shape index (κ1) is 71.8. The average Bonchev–Trinajstić information content (AvgIpc) is 2.84. The molecule has 3 atom stereocenters. The first-order valence-corrected chi connectivity index (χ1v) is 28.8. The largest absolute Gasteiger partial charge is 0.508 e. The molecule has 28 heteroatoms. The number of carboxylic acids is 3. The van der Waals surface area contributed by atoms with Gasteiger partial charge in [-0.3, -0.25) is 58.0 Å². The minimum atomic E-state index is -1.05. The number of allylic oxidation sites excluding steroid dienone is 3. The van der Waals surface area contributed by atoms with Crippen molar-refractivity contribution in [3.63, 3.8) is 0 Å². The summed E-state index contributed by atoms with van der Waals surface area (Å²) in [7, 11) is 0. The van der Waals surface area contributed by atoms with Gasteiger partial charge in [-0.1, -0.05) is 68.1 Å². The molecule has 0 unspecified atom stereocenters. The highest BCUT2D eigenvalue weighted by molar-refractivity contribution is 5.93. The maximum Gasteiger partial charge on any atom is 0.344 e. The molecule has 1 fully saturated rings. The molecular weight excluding hydrogens is 1110 g/mol. The van der Waals surface area contributed by atoms with Gasteiger partial charge in [-0.15, -0.1) is 0 Å². The fourth-order valence-electron chi connectivity index (χ4n) is 8.82. The SMILES string of the molecule is C=C(/C=C\C(=C/C)[C@@H](C(=O)N[C@H](CCCN/C(N)=N\C(=O)NCCNC(=O)CC)C(=O)NCc1ccc(O)cc1)c1ccccc1)NCCCNC(=O)[C@H](N)CCCNC(=O)CN1CCN(CC(=O)O)CCN(CC(=O)O)CCN(CC(=O)O)CC1. The molecule has 0 aromatic heterocycles. The zero-order chi connectivity index (χ0) is 63.2. The zero-order valence-electron chi connectivity index (χ0n) is 49.4. The van der Waals surface area contributed by atoms with Crippen LogP contribution in [0.2, 0.25) is 0 Å². The lowest BCUT2D eigenvalue weighted by atomic mass is 9.89. The fraction of sp³-hybridized carbons (Fsp3) is 0.517. The van der Waals surface area contributed by atoms with E-state index in [1.165, 1.54) is 12.1 Å². The number of carbonyl (C=O) groups excluding carboxylic acids is 6. The van der Waals surface area contributed by atoms with Crippen LogP contribution in [0.4, 0.5) is 4.79 Å². The monoisotopic (exact) mass is 1200 g/mol. The number of carbonyl (C=O) groups is 9. The van der Waals surface area contributed by atoms with Gasteiger partial charge < -0.3 is 74.4 Å².